The Morgan fingerprint density at radius 2 is 2.00 bits per heavy atom. The second-order valence-electron chi connectivity index (χ2n) is 6.06. The number of hydrogen-bond acceptors (Lipinski definition) is 3. The molecular weight excluding hydrogens is 282 g/mol. The number of nitrogens with one attached hydrogen (secondary N) is 1. The molecule has 120 valence electrons. The van der Waals surface area contributed by atoms with Gasteiger partial charge in [0.15, 0.2) is 4.77 Å². The van der Waals surface area contributed by atoms with Gasteiger partial charge in [-0.25, -0.2) is 0 Å². The molecule has 0 saturated carbocycles. The lowest BCUT2D eigenvalue weighted by Gasteiger charge is -2.12. The fraction of sp³-hybridized carbons (Fsp3) is 0.875. The summed E-state index contributed by atoms with van der Waals surface area (Å²) in [4.78, 5) is 0. The minimum Gasteiger partial charge on any atom is -0.376 e. The number of unbranched alkanes of at least 4 members (excludes halogenated alkanes) is 6. The quantitative estimate of drug-likeness (QED) is 0.514. The van der Waals surface area contributed by atoms with E-state index in [1.165, 1.54) is 51.4 Å². The van der Waals surface area contributed by atoms with Crippen molar-refractivity contribution in [2.45, 2.75) is 83.8 Å². The maximum absolute atomic E-state index is 5.71. The molecule has 2 rings (SSSR count). The molecule has 21 heavy (non-hydrogen) atoms. The number of aromatic nitrogens is 3. The Morgan fingerprint density at radius 1 is 1.24 bits per heavy atom. The van der Waals surface area contributed by atoms with Gasteiger partial charge in [-0.2, -0.15) is 5.10 Å². The molecule has 0 amide bonds. The second-order valence-corrected chi connectivity index (χ2v) is 6.45. The van der Waals surface area contributed by atoms with Gasteiger partial charge in [0.2, 0.25) is 0 Å². The lowest BCUT2D eigenvalue weighted by Crippen LogP contribution is -2.17. The van der Waals surface area contributed by atoms with Gasteiger partial charge in [0, 0.05) is 13.0 Å². The van der Waals surface area contributed by atoms with Crippen LogP contribution in [-0.4, -0.2) is 27.5 Å². The summed E-state index contributed by atoms with van der Waals surface area (Å²) in [5, 5.41) is 7.34. The zero-order valence-electron chi connectivity index (χ0n) is 13.3. The third kappa shape index (κ3) is 5.55. The summed E-state index contributed by atoms with van der Waals surface area (Å²) in [6.45, 7) is 4.01. The maximum atomic E-state index is 5.71. The van der Waals surface area contributed by atoms with Gasteiger partial charge in [0.1, 0.15) is 5.82 Å². The van der Waals surface area contributed by atoms with E-state index >= 15 is 0 Å². The Morgan fingerprint density at radius 3 is 2.71 bits per heavy atom. The largest absolute Gasteiger partial charge is 0.376 e. The predicted molar refractivity (Wildman–Crippen MR) is 88.1 cm³/mol. The van der Waals surface area contributed by atoms with Crippen molar-refractivity contribution >= 4 is 12.2 Å². The van der Waals surface area contributed by atoms with Crippen LogP contribution < -0.4 is 0 Å². The molecule has 1 aromatic rings. The number of hydrogen-bond donors (Lipinski definition) is 1. The summed E-state index contributed by atoms with van der Waals surface area (Å²) in [5.74, 6) is 1.10. The van der Waals surface area contributed by atoms with Crippen molar-refractivity contribution in [3.05, 3.63) is 10.6 Å². The van der Waals surface area contributed by atoms with Crippen LogP contribution in [0.2, 0.25) is 0 Å². The molecular formula is C16H29N3OS. The zero-order chi connectivity index (χ0) is 14.9. The Labute approximate surface area is 133 Å². The van der Waals surface area contributed by atoms with E-state index in [0.717, 1.165) is 36.6 Å². The Hall–Kier alpha value is -0.680. The van der Waals surface area contributed by atoms with Crippen LogP contribution in [0, 0.1) is 4.77 Å². The van der Waals surface area contributed by atoms with Gasteiger partial charge in [-0.1, -0.05) is 45.4 Å². The standard InChI is InChI=1S/C16H29N3OS/c1-2-3-4-5-6-7-8-11-15-17-18-16(21)19(15)13-14-10-9-12-20-14/h14H,2-13H2,1H3,(H,18,21)/t14-/m0/s1. The highest BCUT2D eigenvalue weighted by molar-refractivity contribution is 7.71. The minimum absolute atomic E-state index is 0.321. The molecule has 2 heterocycles. The summed E-state index contributed by atoms with van der Waals surface area (Å²) in [5.41, 5.74) is 0. The minimum atomic E-state index is 0.321. The molecule has 1 N–H and O–H groups in total. The summed E-state index contributed by atoms with van der Waals surface area (Å²) in [6.07, 6.45) is 12.9. The van der Waals surface area contributed by atoms with Crippen LogP contribution in [0.3, 0.4) is 0 Å². The van der Waals surface area contributed by atoms with E-state index < -0.39 is 0 Å². The van der Waals surface area contributed by atoms with Gasteiger partial charge in [-0.3, -0.25) is 5.10 Å². The summed E-state index contributed by atoms with van der Waals surface area (Å²) >= 11 is 5.35. The SMILES string of the molecule is CCCCCCCCCc1n[nH]c(=S)n1C[C@@H]1CCCO1. The molecule has 1 aromatic heterocycles. The molecule has 0 aromatic carbocycles. The molecule has 0 bridgehead atoms. The van der Waals surface area contributed by atoms with Crippen molar-refractivity contribution in [1.82, 2.24) is 14.8 Å². The first-order valence-electron chi connectivity index (χ1n) is 8.57. The monoisotopic (exact) mass is 311 g/mol. The molecule has 0 spiro atoms. The van der Waals surface area contributed by atoms with E-state index in [9.17, 15) is 0 Å². The van der Waals surface area contributed by atoms with Gasteiger partial charge in [-0.05, 0) is 31.5 Å². The Kier molecular flexibility index (Phi) is 7.44. The number of rotatable bonds is 10. The summed E-state index contributed by atoms with van der Waals surface area (Å²) in [6, 6.07) is 0. The van der Waals surface area contributed by atoms with Gasteiger partial charge in [0.05, 0.1) is 12.6 Å². The molecule has 4 nitrogen and oxygen atoms in total. The lowest BCUT2D eigenvalue weighted by molar-refractivity contribution is 0.0958. The average molecular weight is 311 g/mol. The number of ether oxygens (including phenoxy) is 1. The lowest BCUT2D eigenvalue weighted by atomic mass is 10.1. The first-order valence-corrected chi connectivity index (χ1v) is 8.97. The number of H-pyrrole nitrogens is 1. The van der Waals surface area contributed by atoms with Crippen LogP contribution in [0.25, 0.3) is 0 Å². The van der Waals surface area contributed by atoms with Crippen molar-refractivity contribution in [1.29, 1.82) is 0 Å². The highest BCUT2D eigenvalue weighted by Crippen LogP contribution is 2.16. The van der Waals surface area contributed by atoms with Crippen molar-refractivity contribution < 1.29 is 4.74 Å². The highest BCUT2D eigenvalue weighted by Gasteiger charge is 2.18. The third-order valence-electron chi connectivity index (χ3n) is 4.25. The summed E-state index contributed by atoms with van der Waals surface area (Å²) < 4.78 is 8.59. The van der Waals surface area contributed by atoms with Gasteiger partial charge >= 0.3 is 0 Å². The number of nitrogens with zero attached hydrogens (tertiary/aromatic N) is 2. The number of aryl methyl sites for hydroxylation is 1. The van der Waals surface area contributed by atoms with Crippen LogP contribution in [0.15, 0.2) is 0 Å². The van der Waals surface area contributed by atoms with Gasteiger partial charge in [0.25, 0.3) is 0 Å². The van der Waals surface area contributed by atoms with Crippen molar-refractivity contribution in [2.75, 3.05) is 6.61 Å². The zero-order valence-corrected chi connectivity index (χ0v) is 14.1. The van der Waals surface area contributed by atoms with Gasteiger partial charge in [-0.15, -0.1) is 0 Å². The van der Waals surface area contributed by atoms with Crippen LogP contribution in [0.1, 0.15) is 70.5 Å². The van der Waals surface area contributed by atoms with E-state index in [0.29, 0.717) is 6.10 Å². The van der Waals surface area contributed by atoms with Crippen LogP contribution in [-0.2, 0) is 17.7 Å². The molecule has 1 aliphatic rings. The van der Waals surface area contributed by atoms with Crippen LogP contribution in [0.5, 0.6) is 0 Å². The fourth-order valence-corrected chi connectivity index (χ4v) is 3.19. The maximum Gasteiger partial charge on any atom is 0.195 e. The van der Waals surface area contributed by atoms with Crippen molar-refractivity contribution in [2.24, 2.45) is 0 Å². The molecule has 1 aliphatic heterocycles. The van der Waals surface area contributed by atoms with E-state index in [4.69, 9.17) is 17.0 Å². The molecule has 0 aliphatic carbocycles. The van der Waals surface area contributed by atoms with Crippen LogP contribution >= 0.6 is 12.2 Å². The number of aromatic amines is 1. The average Bonchev–Trinajstić information content (AvgIpc) is 3.11. The Balaban J connectivity index is 1.71. The molecule has 0 radical (unpaired) electrons. The normalized spacial score (nSPS) is 18.4. The van der Waals surface area contributed by atoms with Gasteiger partial charge < -0.3 is 9.30 Å². The molecule has 5 heteroatoms. The molecule has 1 saturated heterocycles. The second kappa shape index (κ2) is 9.36. The van der Waals surface area contributed by atoms with Crippen molar-refractivity contribution in [3.8, 4) is 0 Å². The third-order valence-corrected chi connectivity index (χ3v) is 4.56. The van der Waals surface area contributed by atoms with Crippen molar-refractivity contribution in [3.63, 3.8) is 0 Å². The first-order chi connectivity index (χ1) is 10.3. The molecule has 0 unspecified atom stereocenters. The fourth-order valence-electron chi connectivity index (χ4n) is 2.96. The molecule has 1 fully saturated rings. The first kappa shape index (κ1) is 16.7. The van der Waals surface area contributed by atoms with E-state index in [1.807, 2.05) is 0 Å². The van der Waals surface area contributed by atoms with Crippen LogP contribution in [0.4, 0.5) is 0 Å². The molecule has 1 atom stereocenters. The predicted octanol–water partition coefficient (Wildman–Crippen LogP) is 4.41. The summed E-state index contributed by atoms with van der Waals surface area (Å²) in [7, 11) is 0. The van der Waals surface area contributed by atoms with E-state index in [2.05, 4.69) is 21.7 Å². The highest BCUT2D eigenvalue weighted by atomic mass is 32.1. The van der Waals surface area contributed by atoms with E-state index in [-0.39, 0.29) is 0 Å². The smallest absolute Gasteiger partial charge is 0.195 e. The Bertz CT molecular complexity index is 449. The van der Waals surface area contributed by atoms with E-state index in [1.54, 1.807) is 0 Å². The topological polar surface area (TPSA) is 42.8 Å².